The molecule has 3 aromatic carbocycles. The normalized spacial score (nSPS) is 17.7. The molecule has 7 rings (SSSR count). The van der Waals surface area contributed by atoms with Crippen molar-refractivity contribution in [3.8, 4) is 16.8 Å². The van der Waals surface area contributed by atoms with Gasteiger partial charge in [0.15, 0.2) is 5.65 Å². The van der Waals surface area contributed by atoms with Crippen LogP contribution >= 0.6 is 0 Å². The van der Waals surface area contributed by atoms with Crippen LogP contribution in [0.4, 0.5) is 11.6 Å². The zero-order valence-electron chi connectivity index (χ0n) is 24.6. The molecule has 2 aliphatic heterocycles. The lowest BCUT2D eigenvalue weighted by Gasteiger charge is -2.24. The van der Waals surface area contributed by atoms with Crippen molar-refractivity contribution in [2.75, 3.05) is 31.5 Å². The maximum absolute atomic E-state index is 14.2. The number of piperidine rings is 2. The topological polar surface area (TPSA) is 83.9 Å². The highest BCUT2D eigenvalue weighted by Gasteiger charge is 2.20. The van der Waals surface area contributed by atoms with Gasteiger partial charge in [-0.15, -0.1) is 0 Å². The van der Waals surface area contributed by atoms with E-state index in [1.54, 1.807) is 4.57 Å². The van der Waals surface area contributed by atoms with E-state index >= 15 is 0 Å². The van der Waals surface area contributed by atoms with E-state index in [1.165, 1.54) is 24.0 Å². The summed E-state index contributed by atoms with van der Waals surface area (Å²) in [5.74, 6) is 1.57. The van der Waals surface area contributed by atoms with E-state index in [0.717, 1.165) is 66.9 Å². The van der Waals surface area contributed by atoms with Crippen LogP contribution in [-0.2, 0) is 0 Å². The lowest BCUT2D eigenvalue weighted by Crippen LogP contribution is -2.28. The first-order valence-electron chi connectivity index (χ1n) is 15.5. The number of benzene rings is 3. The van der Waals surface area contributed by atoms with Crippen molar-refractivity contribution in [2.45, 2.75) is 44.4 Å². The lowest BCUT2D eigenvalue weighted by molar-refractivity contribution is 0.460. The summed E-state index contributed by atoms with van der Waals surface area (Å²) < 4.78 is 1.72. The van der Waals surface area contributed by atoms with E-state index in [0.29, 0.717) is 29.0 Å². The molecule has 218 valence electrons. The van der Waals surface area contributed by atoms with Crippen molar-refractivity contribution in [3.05, 3.63) is 112 Å². The molecule has 0 bridgehead atoms. The van der Waals surface area contributed by atoms with Crippen molar-refractivity contribution in [3.63, 3.8) is 0 Å². The Bertz CT molecular complexity index is 1790. The van der Waals surface area contributed by atoms with Gasteiger partial charge in [0.2, 0.25) is 5.95 Å². The molecule has 0 radical (unpaired) electrons. The van der Waals surface area contributed by atoms with Gasteiger partial charge in [0.05, 0.1) is 5.69 Å². The molecule has 3 N–H and O–H groups in total. The molecule has 0 amide bonds. The number of aryl methyl sites for hydroxylation is 1. The molecular formula is C36H38N6O. The Hall–Kier alpha value is -4.33. The monoisotopic (exact) mass is 570 g/mol. The fourth-order valence-corrected chi connectivity index (χ4v) is 6.67. The Morgan fingerprint density at radius 3 is 2.35 bits per heavy atom. The third-order valence-electron chi connectivity index (χ3n) is 9.04. The van der Waals surface area contributed by atoms with Gasteiger partial charge in [-0.2, -0.15) is 4.98 Å². The van der Waals surface area contributed by atoms with Gasteiger partial charge in [0.25, 0.3) is 5.56 Å². The molecule has 43 heavy (non-hydrogen) atoms. The van der Waals surface area contributed by atoms with Crippen LogP contribution in [-0.4, -0.2) is 40.7 Å². The second-order valence-electron chi connectivity index (χ2n) is 11.9. The summed E-state index contributed by atoms with van der Waals surface area (Å²) in [4.78, 5) is 23.8. The lowest BCUT2D eigenvalue weighted by atomic mass is 9.87. The van der Waals surface area contributed by atoms with Gasteiger partial charge in [-0.05, 0) is 117 Å². The molecule has 2 aromatic heterocycles. The number of hydrogen-bond acceptors (Lipinski definition) is 6. The molecular weight excluding hydrogens is 532 g/mol. The van der Waals surface area contributed by atoms with E-state index in [2.05, 4.69) is 70.3 Å². The first-order chi connectivity index (χ1) is 21.1. The van der Waals surface area contributed by atoms with Crippen LogP contribution < -0.4 is 21.5 Å². The predicted octanol–water partition coefficient (Wildman–Crippen LogP) is 6.43. The summed E-state index contributed by atoms with van der Waals surface area (Å²) in [6, 6.07) is 26.8. The van der Waals surface area contributed by atoms with E-state index in [1.807, 2.05) is 42.6 Å². The Labute approximate surface area is 252 Å². The minimum Gasteiger partial charge on any atom is -0.324 e. The summed E-state index contributed by atoms with van der Waals surface area (Å²) >= 11 is 0. The van der Waals surface area contributed by atoms with Crippen molar-refractivity contribution in [1.29, 1.82) is 0 Å². The molecule has 2 saturated heterocycles. The minimum atomic E-state index is -0.0912. The highest BCUT2D eigenvalue weighted by Crippen LogP contribution is 2.31. The van der Waals surface area contributed by atoms with E-state index in [4.69, 9.17) is 4.98 Å². The number of pyridine rings is 1. The maximum atomic E-state index is 14.2. The molecule has 7 nitrogen and oxygen atoms in total. The summed E-state index contributed by atoms with van der Waals surface area (Å²) in [6.07, 6.45) is 6.53. The Balaban J connectivity index is 1.26. The Morgan fingerprint density at radius 2 is 1.60 bits per heavy atom. The fourth-order valence-electron chi connectivity index (χ4n) is 6.67. The second-order valence-corrected chi connectivity index (χ2v) is 11.9. The van der Waals surface area contributed by atoms with Crippen LogP contribution in [0.25, 0.3) is 27.8 Å². The largest absolute Gasteiger partial charge is 0.324 e. The van der Waals surface area contributed by atoms with Gasteiger partial charge in [0, 0.05) is 29.4 Å². The maximum Gasteiger partial charge on any atom is 0.264 e. The quantitative estimate of drug-likeness (QED) is 0.218. The molecule has 2 fully saturated rings. The number of aromatic nitrogens is 3. The molecule has 0 saturated carbocycles. The standard InChI is InChI=1S/C36H38N6O/c1-24-20-27(26-15-18-37-19-16-26)11-14-32(24)33-21-29-23-39-36(41-34(29)42(35(33)43)31-7-3-2-4-8-31)40-30-12-9-25(10-13-30)28-6-5-17-38-22-28/h2-4,7-14,20-21,23,26,28,37-38H,5-6,15-19,22H2,1H3,(H,39,40,41). The molecule has 5 aromatic rings. The number of para-hydroxylation sites is 1. The van der Waals surface area contributed by atoms with Crippen LogP contribution in [0.1, 0.15) is 54.2 Å². The molecule has 1 unspecified atom stereocenters. The van der Waals surface area contributed by atoms with Crippen molar-refractivity contribution in [1.82, 2.24) is 25.2 Å². The second kappa shape index (κ2) is 12.1. The van der Waals surface area contributed by atoms with Crippen LogP contribution in [0, 0.1) is 6.92 Å². The third-order valence-corrected chi connectivity index (χ3v) is 9.04. The number of anilines is 2. The molecule has 4 heterocycles. The molecule has 7 heteroatoms. The molecule has 0 aliphatic carbocycles. The van der Waals surface area contributed by atoms with Crippen LogP contribution in [0.3, 0.4) is 0 Å². The highest BCUT2D eigenvalue weighted by atomic mass is 16.1. The van der Waals surface area contributed by atoms with Gasteiger partial charge < -0.3 is 16.0 Å². The summed E-state index contributed by atoms with van der Waals surface area (Å²) in [6.45, 7) is 6.35. The van der Waals surface area contributed by atoms with E-state index in [-0.39, 0.29) is 5.56 Å². The molecule has 1 atom stereocenters. The number of nitrogens with one attached hydrogen (secondary N) is 3. The fraction of sp³-hybridized carbons (Fsp3) is 0.306. The molecule has 2 aliphatic rings. The van der Waals surface area contributed by atoms with Gasteiger partial charge >= 0.3 is 0 Å². The van der Waals surface area contributed by atoms with Crippen molar-refractivity contribution in [2.24, 2.45) is 0 Å². The van der Waals surface area contributed by atoms with Crippen molar-refractivity contribution < 1.29 is 0 Å². The summed E-state index contributed by atoms with van der Waals surface area (Å²) in [5, 5.41) is 11.1. The van der Waals surface area contributed by atoms with Gasteiger partial charge in [-0.3, -0.25) is 9.36 Å². The summed E-state index contributed by atoms with van der Waals surface area (Å²) in [5.41, 5.74) is 7.60. The zero-order valence-corrected chi connectivity index (χ0v) is 24.6. The Morgan fingerprint density at radius 1 is 0.814 bits per heavy atom. The molecule has 0 spiro atoms. The first kappa shape index (κ1) is 27.5. The Kier molecular flexibility index (Phi) is 7.75. The summed E-state index contributed by atoms with van der Waals surface area (Å²) in [7, 11) is 0. The number of fused-ring (bicyclic) bond motifs is 1. The minimum absolute atomic E-state index is 0.0912. The highest BCUT2D eigenvalue weighted by molar-refractivity contribution is 5.84. The van der Waals surface area contributed by atoms with Crippen LogP contribution in [0.5, 0.6) is 0 Å². The van der Waals surface area contributed by atoms with Crippen LogP contribution in [0.15, 0.2) is 89.9 Å². The van der Waals surface area contributed by atoms with Crippen molar-refractivity contribution >= 4 is 22.7 Å². The van der Waals surface area contributed by atoms with E-state index in [9.17, 15) is 4.79 Å². The van der Waals surface area contributed by atoms with Gasteiger partial charge in [0.1, 0.15) is 0 Å². The number of nitrogens with zero attached hydrogens (tertiary/aromatic N) is 3. The zero-order chi connectivity index (χ0) is 29.2. The van der Waals surface area contributed by atoms with Gasteiger partial charge in [-0.25, -0.2) is 4.98 Å². The van der Waals surface area contributed by atoms with E-state index < -0.39 is 0 Å². The van der Waals surface area contributed by atoms with Gasteiger partial charge in [-0.1, -0.05) is 48.5 Å². The average Bonchev–Trinajstić information content (AvgIpc) is 3.06. The predicted molar refractivity (Wildman–Crippen MR) is 175 cm³/mol. The first-order valence-corrected chi connectivity index (χ1v) is 15.5. The third kappa shape index (κ3) is 5.70. The van der Waals surface area contributed by atoms with Crippen LogP contribution in [0.2, 0.25) is 0 Å². The smallest absolute Gasteiger partial charge is 0.264 e. The SMILES string of the molecule is Cc1cc(C2CCNCC2)ccc1-c1cc2cnc(Nc3ccc(C4CCCNC4)cc3)nc2n(-c2ccccc2)c1=O. The number of hydrogen-bond donors (Lipinski definition) is 3. The average molecular weight is 571 g/mol. The number of rotatable bonds is 6.